The Labute approximate surface area is 159 Å². The van der Waals surface area contributed by atoms with E-state index in [0.717, 1.165) is 17.7 Å². The van der Waals surface area contributed by atoms with E-state index in [1.54, 1.807) is 12.1 Å². The summed E-state index contributed by atoms with van der Waals surface area (Å²) in [6, 6.07) is 9.27. The molecule has 1 aromatic heterocycles. The van der Waals surface area contributed by atoms with Crippen LogP contribution in [0.2, 0.25) is 0 Å². The van der Waals surface area contributed by atoms with Gasteiger partial charge in [0.15, 0.2) is 17.5 Å². The van der Waals surface area contributed by atoms with E-state index >= 15 is 0 Å². The monoisotopic (exact) mass is 386 g/mol. The van der Waals surface area contributed by atoms with Crippen LogP contribution in [-0.4, -0.2) is 15.9 Å². The fraction of sp³-hybridized carbons (Fsp3) is 0.150. The molecule has 0 bridgehead atoms. The Morgan fingerprint density at radius 2 is 1.64 bits per heavy atom. The zero-order valence-electron chi connectivity index (χ0n) is 15.1. The van der Waals surface area contributed by atoms with Gasteiger partial charge in [0.05, 0.1) is 18.1 Å². The van der Waals surface area contributed by atoms with E-state index < -0.39 is 23.4 Å². The number of carbonyl (C=O) groups excluding carboxylic acids is 1. The number of hydrogen-bond donors (Lipinski definition) is 2. The third kappa shape index (κ3) is 4.28. The second-order valence-electron chi connectivity index (χ2n) is 6.37. The minimum atomic E-state index is -1.59. The third-order valence-corrected chi connectivity index (χ3v) is 4.02. The molecular formula is C20H17F3N4O. The average Bonchev–Trinajstić information content (AvgIpc) is 2.69. The third-order valence-electron chi connectivity index (χ3n) is 4.02. The van der Waals surface area contributed by atoms with Crippen molar-refractivity contribution in [3.63, 3.8) is 0 Å². The number of halogens is 3. The van der Waals surface area contributed by atoms with Gasteiger partial charge in [-0.1, -0.05) is 26.0 Å². The summed E-state index contributed by atoms with van der Waals surface area (Å²) in [5, 5.41) is 5.19. The highest BCUT2D eigenvalue weighted by Crippen LogP contribution is 2.22. The highest BCUT2D eigenvalue weighted by atomic mass is 19.2. The number of rotatable bonds is 5. The summed E-state index contributed by atoms with van der Waals surface area (Å²) in [5.41, 5.74) is 1.51. The maximum atomic E-state index is 13.7. The molecule has 3 aromatic rings. The first-order valence-electron chi connectivity index (χ1n) is 8.49. The second-order valence-corrected chi connectivity index (χ2v) is 6.37. The van der Waals surface area contributed by atoms with Crippen LogP contribution in [0.3, 0.4) is 0 Å². The lowest BCUT2D eigenvalue weighted by Gasteiger charge is -2.09. The molecule has 0 radical (unpaired) electrons. The molecule has 0 aliphatic carbocycles. The molecule has 0 fully saturated rings. The van der Waals surface area contributed by atoms with Crippen molar-refractivity contribution < 1.29 is 18.0 Å². The van der Waals surface area contributed by atoms with Gasteiger partial charge in [-0.2, -0.15) is 0 Å². The van der Waals surface area contributed by atoms with E-state index in [1.807, 2.05) is 12.1 Å². The Balaban J connectivity index is 1.68. The van der Waals surface area contributed by atoms with Crippen molar-refractivity contribution in [2.24, 2.45) is 0 Å². The van der Waals surface area contributed by atoms with E-state index in [0.29, 0.717) is 11.6 Å². The highest BCUT2D eigenvalue weighted by molar-refractivity contribution is 6.02. The van der Waals surface area contributed by atoms with Crippen molar-refractivity contribution in [1.29, 1.82) is 0 Å². The first kappa shape index (κ1) is 19.3. The lowest BCUT2D eigenvalue weighted by atomic mass is 10.0. The van der Waals surface area contributed by atoms with Crippen molar-refractivity contribution in [3.8, 4) is 0 Å². The van der Waals surface area contributed by atoms with E-state index in [2.05, 4.69) is 34.4 Å². The molecule has 0 aliphatic heterocycles. The summed E-state index contributed by atoms with van der Waals surface area (Å²) in [4.78, 5) is 20.2. The van der Waals surface area contributed by atoms with Gasteiger partial charge >= 0.3 is 0 Å². The average molecular weight is 386 g/mol. The number of nitrogens with zero attached hydrogens (tertiary/aromatic N) is 2. The quantitative estimate of drug-likeness (QED) is 0.605. The van der Waals surface area contributed by atoms with Crippen LogP contribution in [0.1, 0.15) is 35.8 Å². The lowest BCUT2D eigenvalue weighted by Crippen LogP contribution is -2.14. The summed E-state index contributed by atoms with van der Waals surface area (Å²) in [6.45, 7) is 4.15. The maximum Gasteiger partial charge on any atom is 0.275 e. The van der Waals surface area contributed by atoms with Crippen LogP contribution in [0.4, 0.5) is 30.4 Å². The smallest absolute Gasteiger partial charge is 0.275 e. The molecule has 3 rings (SSSR count). The van der Waals surface area contributed by atoms with E-state index in [4.69, 9.17) is 0 Å². The Hall–Kier alpha value is -3.42. The number of aromatic nitrogens is 2. The van der Waals surface area contributed by atoms with Gasteiger partial charge in [-0.25, -0.2) is 23.1 Å². The molecule has 0 spiro atoms. The zero-order valence-corrected chi connectivity index (χ0v) is 15.1. The molecule has 0 unspecified atom stereocenters. The zero-order chi connectivity index (χ0) is 20.3. The molecule has 0 saturated carbocycles. The lowest BCUT2D eigenvalue weighted by molar-refractivity contribution is 0.102. The normalized spacial score (nSPS) is 10.8. The number of carbonyl (C=O) groups is 1. The van der Waals surface area contributed by atoms with Crippen LogP contribution in [0.15, 0.2) is 48.8 Å². The Kier molecular flexibility index (Phi) is 5.58. The number of benzene rings is 2. The maximum absolute atomic E-state index is 13.7. The van der Waals surface area contributed by atoms with Crippen molar-refractivity contribution in [1.82, 2.24) is 9.97 Å². The first-order valence-corrected chi connectivity index (χ1v) is 8.49. The summed E-state index contributed by atoms with van der Waals surface area (Å²) in [5.74, 6) is -4.25. The molecule has 0 atom stereocenters. The van der Waals surface area contributed by atoms with Gasteiger partial charge in [0, 0.05) is 5.69 Å². The fourth-order valence-electron chi connectivity index (χ4n) is 2.42. The molecule has 28 heavy (non-hydrogen) atoms. The largest absolute Gasteiger partial charge is 0.336 e. The van der Waals surface area contributed by atoms with E-state index in [9.17, 15) is 18.0 Å². The molecular weight excluding hydrogens is 369 g/mol. The number of anilines is 3. The van der Waals surface area contributed by atoms with E-state index in [-0.39, 0.29) is 17.2 Å². The molecule has 0 saturated heterocycles. The number of amides is 1. The van der Waals surface area contributed by atoms with Gasteiger partial charge in [0.1, 0.15) is 11.5 Å². The van der Waals surface area contributed by atoms with Gasteiger partial charge in [0.2, 0.25) is 0 Å². The minimum absolute atomic E-state index is 0.0456. The SMILES string of the molecule is CC(C)c1ccc(NC(=O)c2cnc(Nc3ccc(F)c(F)c3F)cn2)cc1. The predicted molar refractivity (Wildman–Crippen MR) is 100 cm³/mol. The van der Waals surface area contributed by atoms with Crippen LogP contribution >= 0.6 is 0 Å². The second kappa shape index (κ2) is 8.08. The fourth-order valence-corrected chi connectivity index (χ4v) is 2.42. The molecule has 2 N–H and O–H groups in total. The molecule has 1 heterocycles. The van der Waals surface area contributed by atoms with Gasteiger partial charge in [-0.05, 0) is 35.7 Å². The summed E-state index contributed by atoms with van der Waals surface area (Å²) >= 11 is 0. The first-order chi connectivity index (χ1) is 13.3. The van der Waals surface area contributed by atoms with Crippen LogP contribution < -0.4 is 10.6 Å². The Morgan fingerprint density at radius 3 is 2.25 bits per heavy atom. The highest BCUT2D eigenvalue weighted by Gasteiger charge is 2.14. The Morgan fingerprint density at radius 1 is 0.929 bits per heavy atom. The topological polar surface area (TPSA) is 66.9 Å². The number of nitrogens with one attached hydrogen (secondary N) is 2. The molecule has 8 heteroatoms. The van der Waals surface area contributed by atoms with Gasteiger partial charge < -0.3 is 10.6 Å². The molecule has 0 aliphatic rings. The molecule has 1 amide bonds. The predicted octanol–water partition coefficient (Wildman–Crippen LogP) is 5.01. The van der Waals surface area contributed by atoms with Crippen molar-refractivity contribution >= 4 is 23.1 Å². The van der Waals surface area contributed by atoms with Gasteiger partial charge in [-0.3, -0.25) is 4.79 Å². The molecule has 2 aromatic carbocycles. The van der Waals surface area contributed by atoms with Crippen LogP contribution in [0, 0.1) is 17.5 Å². The van der Waals surface area contributed by atoms with Crippen molar-refractivity contribution in [2.45, 2.75) is 19.8 Å². The van der Waals surface area contributed by atoms with Crippen LogP contribution in [0.25, 0.3) is 0 Å². The standard InChI is InChI=1S/C20H17F3N4O/c1-11(2)12-3-5-13(6-4-12)26-20(28)16-9-25-17(10-24-16)27-15-8-7-14(21)18(22)19(15)23/h3-11H,1-2H3,(H,25,27)(H,26,28). The summed E-state index contributed by atoms with van der Waals surface area (Å²) in [6.07, 6.45) is 2.38. The van der Waals surface area contributed by atoms with Crippen LogP contribution in [-0.2, 0) is 0 Å². The summed E-state index contributed by atoms with van der Waals surface area (Å²) in [7, 11) is 0. The van der Waals surface area contributed by atoms with Gasteiger partial charge in [-0.15, -0.1) is 0 Å². The molecule has 5 nitrogen and oxygen atoms in total. The number of hydrogen-bond acceptors (Lipinski definition) is 4. The Bertz CT molecular complexity index is 990. The summed E-state index contributed by atoms with van der Waals surface area (Å²) < 4.78 is 39.9. The van der Waals surface area contributed by atoms with Crippen molar-refractivity contribution in [2.75, 3.05) is 10.6 Å². The van der Waals surface area contributed by atoms with Crippen molar-refractivity contribution in [3.05, 3.63) is 77.5 Å². The van der Waals surface area contributed by atoms with Gasteiger partial charge in [0.25, 0.3) is 5.91 Å². The van der Waals surface area contributed by atoms with Crippen LogP contribution in [0.5, 0.6) is 0 Å². The minimum Gasteiger partial charge on any atom is -0.336 e. The molecule has 144 valence electrons. The van der Waals surface area contributed by atoms with E-state index in [1.165, 1.54) is 12.4 Å².